The van der Waals surface area contributed by atoms with Gasteiger partial charge in [-0.15, -0.1) is 0 Å². The summed E-state index contributed by atoms with van der Waals surface area (Å²) >= 11 is 3.40. The van der Waals surface area contributed by atoms with Crippen LogP contribution in [0.2, 0.25) is 39.4 Å². The van der Waals surface area contributed by atoms with Crippen LogP contribution < -0.4 is 0 Å². The van der Waals surface area contributed by atoms with Gasteiger partial charge >= 0.3 is 29.8 Å². The first kappa shape index (κ1) is 67.6. The van der Waals surface area contributed by atoms with E-state index < -0.39 is 85.0 Å². The Bertz CT molecular complexity index is 2950. The van der Waals surface area contributed by atoms with Gasteiger partial charge in [0.25, 0.3) is 32.3 Å². The number of hydrogen-bond donors (Lipinski definition) is 5. The highest BCUT2D eigenvalue weighted by Crippen LogP contribution is 2.41. The first-order chi connectivity index (χ1) is 38.8. The number of benzene rings is 5. The van der Waals surface area contributed by atoms with Gasteiger partial charge in [-0.3, -0.25) is 24.0 Å². The number of carbonyl (C=O) groups is 5. The number of carbonyl (C=O) groups excluding carboxylic acids is 4. The lowest BCUT2D eigenvalue weighted by Gasteiger charge is -2.39. The predicted octanol–water partition coefficient (Wildman–Crippen LogP) is 11.7. The monoisotopic (exact) mass is 1210 g/mol. The summed E-state index contributed by atoms with van der Waals surface area (Å²) in [5, 5.41) is 48.5. The maximum atomic E-state index is 14.0. The summed E-state index contributed by atoms with van der Waals surface area (Å²) in [6.45, 7) is 13.6. The first-order valence-electron chi connectivity index (χ1n) is 28.0. The zero-order chi connectivity index (χ0) is 61.7. The quantitative estimate of drug-likeness (QED) is 0.0247. The molecule has 0 amide bonds. The van der Waals surface area contributed by atoms with Crippen molar-refractivity contribution in [1.29, 1.82) is 0 Å². The molecule has 0 spiro atoms. The number of aliphatic hydroxyl groups is 1. The second-order valence-corrected chi connectivity index (χ2v) is 25.0. The molecule has 2 aliphatic rings. The van der Waals surface area contributed by atoms with Crippen LogP contribution in [-0.2, 0) is 62.2 Å². The Labute approximate surface area is 496 Å². The molecule has 0 radical (unpaired) electrons. The third-order valence-corrected chi connectivity index (χ3v) is 15.5. The fraction of sp³-hybridized carbons (Fsp3) is 0.444. The summed E-state index contributed by atoms with van der Waals surface area (Å²) in [4.78, 5) is 61.7. The third-order valence-electron chi connectivity index (χ3n) is 14.9. The number of halogens is 3. The van der Waals surface area contributed by atoms with Crippen LogP contribution in [0.5, 0.6) is 0 Å². The molecule has 2 heterocycles. The van der Waals surface area contributed by atoms with Crippen molar-refractivity contribution in [3.63, 3.8) is 0 Å². The maximum absolute atomic E-state index is 14.0. The Morgan fingerprint density at radius 2 is 0.831 bits per heavy atom. The third kappa shape index (κ3) is 19.4. The van der Waals surface area contributed by atoms with Gasteiger partial charge in [-0.1, -0.05) is 133 Å². The minimum absolute atomic E-state index is 0.0625. The number of ether oxygens (including phenoxy) is 4. The van der Waals surface area contributed by atoms with Crippen molar-refractivity contribution in [2.75, 3.05) is 6.61 Å². The van der Waals surface area contributed by atoms with Gasteiger partial charge in [0.1, 0.15) is 11.6 Å². The van der Waals surface area contributed by atoms with Crippen molar-refractivity contribution in [3.8, 4) is 22.3 Å². The van der Waals surface area contributed by atoms with Gasteiger partial charge in [0.15, 0.2) is 10.8 Å². The second-order valence-electron chi connectivity index (χ2n) is 24.1. The minimum atomic E-state index is -1.43. The van der Waals surface area contributed by atoms with E-state index in [0.717, 1.165) is 32.3 Å². The van der Waals surface area contributed by atoms with E-state index in [9.17, 15) is 58.0 Å². The Morgan fingerprint density at radius 1 is 0.530 bits per heavy atom. The molecule has 5 aromatic carbocycles. The number of hydrogen-bond acceptors (Lipinski definition) is 13. The number of esters is 4. The highest BCUT2D eigenvalue weighted by molar-refractivity contribution is 9.10. The van der Waals surface area contributed by atoms with Gasteiger partial charge in [0, 0.05) is 43.3 Å². The van der Waals surface area contributed by atoms with E-state index in [1.165, 1.54) is 53.7 Å². The maximum Gasteiger partial charge on any atom is 0.326 e. The lowest BCUT2D eigenvalue weighted by molar-refractivity contribution is -0.252. The predicted molar refractivity (Wildman–Crippen MR) is 321 cm³/mol. The van der Waals surface area contributed by atoms with Crippen molar-refractivity contribution in [2.45, 2.75) is 138 Å². The van der Waals surface area contributed by atoms with Gasteiger partial charge in [-0.05, 0) is 148 Å². The highest BCUT2D eigenvalue weighted by Gasteiger charge is 2.55. The second kappa shape index (κ2) is 29.1. The normalized spacial score (nSPS) is 17.4. The van der Waals surface area contributed by atoms with Crippen LogP contribution in [0.15, 0.2) is 126 Å². The molecular weight excluding hydrogens is 1130 g/mol. The zero-order valence-electron chi connectivity index (χ0n) is 49.1. The summed E-state index contributed by atoms with van der Waals surface area (Å²) in [6, 6.07) is 36.0. The number of aliphatic hydroxyl groups excluding tert-OH is 1. The molecule has 444 valence electrons. The Balaban J connectivity index is 0.000000230. The van der Waals surface area contributed by atoms with Crippen molar-refractivity contribution < 1.29 is 77.0 Å². The van der Waals surface area contributed by atoms with Crippen LogP contribution in [0.4, 0.5) is 8.78 Å². The number of carboxylic acids is 1. The topological polar surface area (TPSA) is 223 Å². The van der Waals surface area contributed by atoms with E-state index in [4.69, 9.17) is 18.9 Å². The van der Waals surface area contributed by atoms with Gasteiger partial charge in [-0.25, -0.2) is 8.78 Å². The number of cyclic esters (lactones) is 4. The smallest absolute Gasteiger partial charge is 0.326 e. The number of rotatable bonds is 22. The summed E-state index contributed by atoms with van der Waals surface area (Å²) in [5.74, 6) is -6.82. The average molecular weight is 1210 g/mol. The molecule has 20 heteroatoms. The van der Waals surface area contributed by atoms with E-state index >= 15 is 0 Å². The molecule has 0 saturated carbocycles. The van der Waals surface area contributed by atoms with E-state index in [-0.39, 0.29) is 48.7 Å². The molecule has 2 fully saturated rings. The van der Waals surface area contributed by atoms with Gasteiger partial charge < -0.3 is 44.2 Å². The van der Waals surface area contributed by atoms with Crippen LogP contribution in [0.3, 0.4) is 0 Å². The zero-order valence-corrected chi connectivity index (χ0v) is 50.7. The molecular formula is C63H78B3BrF2O14. The molecule has 14 nitrogen and oxygen atoms in total. The van der Waals surface area contributed by atoms with E-state index in [2.05, 4.69) is 15.9 Å². The van der Waals surface area contributed by atoms with Gasteiger partial charge in [0.05, 0.1) is 12.0 Å². The van der Waals surface area contributed by atoms with Crippen LogP contribution >= 0.6 is 15.9 Å². The summed E-state index contributed by atoms with van der Waals surface area (Å²) in [6.07, 6.45) is 3.83. The van der Waals surface area contributed by atoms with Crippen LogP contribution in [-0.4, -0.2) is 94.1 Å². The Morgan fingerprint density at radius 3 is 1.13 bits per heavy atom. The molecule has 5 aromatic rings. The summed E-state index contributed by atoms with van der Waals surface area (Å²) < 4.78 is 50.1. The highest BCUT2D eigenvalue weighted by atomic mass is 79.9. The van der Waals surface area contributed by atoms with Crippen molar-refractivity contribution in [3.05, 3.63) is 154 Å². The lowest BCUT2D eigenvalue weighted by Crippen LogP contribution is -2.53. The SMILES string of the molecule is CB(O)C[C@H](Cc1ccc(-c2ccccc2F)cc1)CC1(C)C(=O)OC(C)(C)OC1=O.CB(O)C[C@H](Cc1ccc(-c2ccccc2F)cc1)C[C@@](C)(CO)C(=O)O.CB(O)C[C@H](Cc1ccc(Br)cc1)CC1(C)C(=O)OC(C)(C)OC1=O. The van der Waals surface area contributed by atoms with E-state index in [0.29, 0.717) is 49.3 Å². The Hall–Kier alpha value is -6.18. The van der Waals surface area contributed by atoms with Crippen molar-refractivity contribution >= 4 is 66.5 Å². The molecule has 0 bridgehead atoms. The Kier molecular flexibility index (Phi) is 23.7. The van der Waals surface area contributed by atoms with Crippen molar-refractivity contribution in [1.82, 2.24) is 0 Å². The number of aliphatic carboxylic acids is 1. The number of carboxylic acid groups (broad SMARTS) is 1. The molecule has 4 atom stereocenters. The van der Waals surface area contributed by atoms with Crippen LogP contribution in [0.1, 0.15) is 84.4 Å². The standard InChI is InChI=1S/C24H28BFO5.C21H26BFO4.C18H24BBrO5/c1-23(2)30-21(27)24(3,22(28)31-23)14-17(15-25(4)29)13-16-9-11-18(12-10-16)19-7-5-6-8-20(19)26;1-21(14-24,20(25)26)12-16(13-22(2)27)11-15-7-9-17(10-8-15)18-5-3-4-6-19(18)23;1-17(2)24-15(21)18(3,16(22)25-17)10-13(11-19(4)23)9-12-5-7-14(20)8-6-12/h5-12,17,29H,13-15H2,1-4H3;3-10,16,24,27H,11-14H2,1-2H3,(H,25,26);5-8,13,23H,9-11H2,1-4H3/t17-;16-,21+;13-/m111/s1. The molecule has 2 aliphatic heterocycles. The molecule has 5 N–H and O–H groups in total. The fourth-order valence-corrected chi connectivity index (χ4v) is 11.0. The summed E-state index contributed by atoms with van der Waals surface area (Å²) in [7, 11) is 0. The molecule has 83 heavy (non-hydrogen) atoms. The molecule has 7 rings (SSSR count). The fourth-order valence-electron chi connectivity index (χ4n) is 10.7. The largest absolute Gasteiger partial charge is 0.481 e. The molecule has 0 aliphatic carbocycles. The molecule has 2 saturated heterocycles. The minimum Gasteiger partial charge on any atom is -0.481 e. The molecule has 0 unspecified atom stereocenters. The summed E-state index contributed by atoms with van der Waals surface area (Å²) in [5.41, 5.74) is 1.59. The lowest BCUT2D eigenvalue weighted by atomic mass is 9.60. The van der Waals surface area contributed by atoms with Crippen LogP contribution in [0, 0.1) is 45.6 Å². The van der Waals surface area contributed by atoms with Gasteiger partial charge in [-0.2, -0.15) is 0 Å². The van der Waals surface area contributed by atoms with Gasteiger partial charge in [0.2, 0.25) is 0 Å². The average Bonchev–Trinajstić information content (AvgIpc) is 3.28. The van der Waals surface area contributed by atoms with E-state index in [1.54, 1.807) is 63.8 Å². The molecule has 0 aromatic heterocycles. The van der Waals surface area contributed by atoms with Crippen LogP contribution in [0.25, 0.3) is 22.3 Å². The van der Waals surface area contributed by atoms with E-state index in [1.807, 2.05) is 72.8 Å². The van der Waals surface area contributed by atoms with Crippen molar-refractivity contribution in [2.24, 2.45) is 34.0 Å². The first-order valence-corrected chi connectivity index (χ1v) is 28.8.